The van der Waals surface area contributed by atoms with Crippen LogP contribution >= 0.6 is 0 Å². The van der Waals surface area contributed by atoms with Crippen LogP contribution in [0.1, 0.15) is 29.7 Å². The lowest BCUT2D eigenvalue weighted by Crippen LogP contribution is -2.53. The Labute approximate surface area is 167 Å². The van der Waals surface area contributed by atoms with Gasteiger partial charge in [0.1, 0.15) is 11.5 Å². The molecule has 0 N–H and O–H groups in total. The van der Waals surface area contributed by atoms with Gasteiger partial charge in [0.25, 0.3) is 5.91 Å². The van der Waals surface area contributed by atoms with Gasteiger partial charge in [0, 0.05) is 6.07 Å². The molecule has 0 aliphatic carbocycles. The van der Waals surface area contributed by atoms with Crippen molar-refractivity contribution in [2.75, 3.05) is 5.01 Å². The van der Waals surface area contributed by atoms with Crippen LogP contribution in [0.4, 0.5) is 5.69 Å². The van der Waals surface area contributed by atoms with Gasteiger partial charge in [-0.15, -0.1) is 0 Å². The Bertz CT molecular complexity index is 1200. The summed E-state index contributed by atoms with van der Waals surface area (Å²) in [7, 11) is 0. The van der Waals surface area contributed by atoms with Crippen molar-refractivity contribution in [2.24, 2.45) is 5.10 Å². The highest BCUT2D eigenvalue weighted by atomic mass is 16.5. The van der Waals surface area contributed by atoms with E-state index in [1.165, 1.54) is 5.01 Å². The standard InChI is InChI=1S/C23H18N2O4/c1-14-13-18-19(21(26)28-14)20(16-9-5-3-6-10-16)23(29-18)15(2)24-25(22(23)27)17-11-7-4-8-12-17/h3-13,20H,1-2H3/t20-,23+/m0/s1. The van der Waals surface area contributed by atoms with Gasteiger partial charge in [-0.25, -0.2) is 4.79 Å². The van der Waals surface area contributed by atoms with Gasteiger partial charge in [0.15, 0.2) is 0 Å². The molecule has 5 rings (SSSR count). The normalized spacial score (nSPS) is 22.6. The highest BCUT2D eigenvalue weighted by Gasteiger charge is 2.63. The van der Waals surface area contributed by atoms with Crippen LogP contribution in [-0.2, 0) is 4.79 Å². The van der Waals surface area contributed by atoms with Gasteiger partial charge in [-0.2, -0.15) is 10.1 Å². The Hall–Kier alpha value is -3.67. The van der Waals surface area contributed by atoms with Crippen LogP contribution in [0.25, 0.3) is 0 Å². The molecule has 1 spiro atoms. The number of hydrazone groups is 1. The quantitative estimate of drug-likeness (QED) is 0.674. The number of carbonyl (C=O) groups excluding carboxylic acids is 1. The first-order valence-electron chi connectivity index (χ1n) is 9.36. The van der Waals surface area contributed by atoms with E-state index in [4.69, 9.17) is 9.15 Å². The predicted octanol–water partition coefficient (Wildman–Crippen LogP) is 3.63. The number of anilines is 1. The Morgan fingerprint density at radius 3 is 2.31 bits per heavy atom. The summed E-state index contributed by atoms with van der Waals surface area (Å²) in [5, 5.41) is 5.88. The first-order chi connectivity index (χ1) is 14.0. The molecule has 0 fully saturated rings. The lowest BCUT2D eigenvalue weighted by atomic mass is 9.77. The second-order valence-electron chi connectivity index (χ2n) is 7.24. The SMILES string of the molecule is CC1=NN(c2ccccc2)C(=O)[C@@]12Oc1cc(C)oc(=O)c1[C@@H]2c1ccccc1. The molecule has 1 aromatic heterocycles. The summed E-state index contributed by atoms with van der Waals surface area (Å²) in [5.41, 5.74) is 0.350. The van der Waals surface area contributed by atoms with Crippen molar-refractivity contribution in [2.45, 2.75) is 25.4 Å². The van der Waals surface area contributed by atoms with Gasteiger partial charge in [0.2, 0.25) is 5.60 Å². The number of nitrogens with zero attached hydrogens (tertiary/aromatic N) is 2. The topological polar surface area (TPSA) is 72.1 Å². The number of hydrogen-bond acceptors (Lipinski definition) is 5. The lowest BCUT2D eigenvalue weighted by molar-refractivity contribution is -0.127. The minimum absolute atomic E-state index is 0.330. The van der Waals surface area contributed by atoms with Gasteiger partial charge in [-0.1, -0.05) is 48.5 Å². The molecule has 0 bridgehead atoms. The van der Waals surface area contributed by atoms with E-state index in [1.54, 1.807) is 19.9 Å². The second kappa shape index (κ2) is 6.17. The maximum atomic E-state index is 13.7. The fourth-order valence-corrected chi connectivity index (χ4v) is 4.20. The smallest absolute Gasteiger partial charge is 0.343 e. The molecule has 0 radical (unpaired) electrons. The molecule has 3 heterocycles. The molecule has 144 valence electrons. The summed E-state index contributed by atoms with van der Waals surface area (Å²) in [5.74, 6) is -0.188. The van der Waals surface area contributed by atoms with E-state index in [0.717, 1.165) is 5.56 Å². The van der Waals surface area contributed by atoms with E-state index in [2.05, 4.69) is 5.10 Å². The molecular weight excluding hydrogens is 368 g/mol. The molecule has 6 nitrogen and oxygen atoms in total. The Morgan fingerprint density at radius 2 is 1.62 bits per heavy atom. The summed E-state index contributed by atoms with van der Waals surface area (Å²) in [6, 6.07) is 20.2. The first-order valence-corrected chi connectivity index (χ1v) is 9.36. The Morgan fingerprint density at radius 1 is 0.966 bits per heavy atom. The zero-order chi connectivity index (χ0) is 20.2. The Balaban J connectivity index is 1.74. The summed E-state index contributed by atoms with van der Waals surface area (Å²) < 4.78 is 11.6. The maximum absolute atomic E-state index is 13.7. The van der Waals surface area contributed by atoms with Crippen LogP contribution in [-0.4, -0.2) is 17.2 Å². The molecule has 0 saturated heterocycles. The van der Waals surface area contributed by atoms with Gasteiger partial charge in [0.05, 0.1) is 22.9 Å². The number of amides is 1. The highest BCUT2D eigenvalue weighted by Crippen LogP contribution is 2.51. The van der Waals surface area contributed by atoms with E-state index < -0.39 is 17.1 Å². The zero-order valence-electron chi connectivity index (χ0n) is 16.0. The van der Waals surface area contributed by atoms with E-state index >= 15 is 0 Å². The molecule has 2 atom stereocenters. The third kappa shape index (κ3) is 2.38. The van der Waals surface area contributed by atoms with Gasteiger partial charge in [-0.3, -0.25) is 4.79 Å². The lowest BCUT2D eigenvalue weighted by Gasteiger charge is -2.29. The van der Waals surface area contributed by atoms with Crippen molar-refractivity contribution < 1.29 is 13.9 Å². The van der Waals surface area contributed by atoms with Crippen molar-refractivity contribution >= 4 is 17.3 Å². The van der Waals surface area contributed by atoms with Crippen LogP contribution in [0, 0.1) is 6.92 Å². The van der Waals surface area contributed by atoms with Crippen LogP contribution in [0.3, 0.4) is 0 Å². The molecule has 0 unspecified atom stereocenters. The highest BCUT2D eigenvalue weighted by molar-refractivity contribution is 6.23. The fourth-order valence-electron chi connectivity index (χ4n) is 4.20. The predicted molar refractivity (Wildman–Crippen MR) is 108 cm³/mol. The summed E-state index contributed by atoms with van der Waals surface area (Å²) in [6.45, 7) is 3.44. The Kier molecular flexibility index (Phi) is 3.71. The number of rotatable bonds is 2. The minimum Gasteiger partial charge on any atom is -0.469 e. The zero-order valence-corrected chi connectivity index (χ0v) is 16.0. The number of carbonyl (C=O) groups is 1. The van der Waals surface area contributed by atoms with Gasteiger partial charge in [-0.05, 0) is 31.5 Å². The van der Waals surface area contributed by atoms with Crippen molar-refractivity contribution in [3.8, 4) is 5.75 Å². The minimum atomic E-state index is -1.43. The van der Waals surface area contributed by atoms with E-state index in [9.17, 15) is 9.59 Å². The fraction of sp³-hybridized carbons (Fsp3) is 0.174. The molecular formula is C23H18N2O4. The molecule has 2 aromatic carbocycles. The molecule has 2 aliphatic heterocycles. The molecule has 1 amide bonds. The van der Waals surface area contributed by atoms with Gasteiger partial charge < -0.3 is 9.15 Å². The van der Waals surface area contributed by atoms with E-state index in [0.29, 0.717) is 28.5 Å². The van der Waals surface area contributed by atoms with Gasteiger partial charge >= 0.3 is 5.63 Å². The average molecular weight is 386 g/mol. The molecule has 2 aliphatic rings. The molecule has 6 heteroatoms. The largest absolute Gasteiger partial charge is 0.469 e. The van der Waals surface area contributed by atoms with Crippen LogP contribution in [0.15, 0.2) is 81.0 Å². The summed E-state index contributed by atoms with van der Waals surface area (Å²) in [4.78, 5) is 26.6. The second-order valence-corrected chi connectivity index (χ2v) is 7.24. The third-order valence-corrected chi connectivity index (χ3v) is 5.47. The number of ether oxygens (including phenoxy) is 1. The van der Waals surface area contributed by atoms with Crippen molar-refractivity contribution in [1.29, 1.82) is 0 Å². The van der Waals surface area contributed by atoms with Crippen molar-refractivity contribution in [3.05, 3.63) is 94.0 Å². The molecule has 29 heavy (non-hydrogen) atoms. The maximum Gasteiger partial charge on any atom is 0.343 e. The van der Waals surface area contributed by atoms with E-state index in [1.807, 2.05) is 60.7 Å². The van der Waals surface area contributed by atoms with E-state index in [-0.39, 0.29) is 5.91 Å². The first kappa shape index (κ1) is 17.4. The van der Waals surface area contributed by atoms with Crippen molar-refractivity contribution in [3.63, 3.8) is 0 Å². The van der Waals surface area contributed by atoms with Crippen LogP contribution in [0.2, 0.25) is 0 Å². The third-order valence-electron chi connectivity index (χ3n) is 5.47. The monoisotopic (exact) mass is 386 g/mol. The summed E-state index contributed by atoms with van der Waals surface area (Å²) >= 11 is 0. The number of fused-ring (bicyclic) bond motifs is 1. The number of hydrogen-bond donors (Lipinski definition) is 0. The number of aryl methyl sites for hydroxylation is 1. The molecule has 3 aromatic rings. The van der Waals surface area contributed by atoms with Crippen LogP contribution < -0.4 is 15.4 Å². The molecule has 0 saturated carbocycles. The number of para-hydroxylation sites is 1. The van der Waals surface area contributed by atoms with Crippen molar-refractivity contribution in [1.82, 2.24) is 0 Å². The van der Waals surface area contributed by atoms with Crippen LogP contribution in [0.5, 0.6) is 5.75 Å². The summed E-state index contributed by atoms with van der Waals surface area (Å²) in [6.07, 6.45) is 0. The number of benzene rings is 2. The average Bonchev–Trinajstić information content (AvgIpc) is 3.20.